The average Bonchev–Trinajstić information content (AvgIpc) is 2.61. The Morgan fingerprint density at radius 3 is 2.41 bits per heavy atom. The van der Waals surface area contributed by atoms with Crippen LogP contribution in [0.25, 0.3) is 0 Å². The summed E-state index contributed by atoms with van der Waals surface area (Å²) in [5.41, 5.74) is 2.63. The molecule has 2 rings (SSSR count). The summed E-state index contributed by atoms with van der Waals surface area (Å²) in [6.07, 6.45) is 0. The SMILES string of the molecule is CCS(=O)(=O)Oc1cccc(CN(C(=O)Nc2ccc(C)cc2)C(C)C)c1. The number of nitrogens with zero attached hydrogens (tertiary/aromatic N) is 1. The molecule has 1 N–H and O–H groups in total. The van der Waals surface area contributed by atoms with Crippen molar-refractivity contribution in [3.05, 3.63) is 59.7 Å². The van der Waals surface area contributed by atoms with Gasteiger partial charge in [-0.25, -0.2) is 4.79 Å². The maximum Gasteiger partial charge on any atom is 0.322 e. The summed E-state index contributed by atoms with van der Waals surface area (Å²) in [4.78, 5) is 14.4. The second kappa shape index (κ2) is 8.90. The minimum absolute atomic E-state index is 0.0422. The van der Waals surface area contributed by atoms with E-state index in [9.17, 15) is 13.2 Å². The van der Waals surface area contributed by atoms with Gasteiger partial charge >= 0.3 is 16.1 Å². The Balaban J connectivity index is 2.13. The quantitative estimate of drug-likeness (QED) is 0.720. The molecule has 6 nitrogen and oxygen atoms in total. The Hall–Kier alpha value is -2.54. The van der Waals surface area contributed by atoms with E-state index in [1.54, 1.807) is 23.1 Å². The summed E-state index contributed by atoms with van der Waals surface area (Å²) in [7, 11) is -3.59. The van der Waals surface area contributed by atoms with Crippen molar-refractivity contribution in [2.24, 2.45) is 0 Å². The standard InChI is InChI=1S/C20H26N2O4S/c1-5-27(24,25)26-19-8-6-7-17(13-19)14-22(15(2)3)20(23)21-18-11-9-16(4)10-12-18/h6-13,15H,5,14H2,1-4H3,(H,21,23). The maximum atomic E-state index is 12.7. The van der Waals surface area contributed by atoms with Crippen LogP contribution in [0.2, 0.25) is 0 Å². The van der Waals surface area contributed by atoms with Crippen molar-refractivity contribution in [3.8, 4) is 5.75 Å². The van der Waals surface area contributed by atoms with Crippen molar-refractivity contribution in [2.75, 3.05) is 11.1 Å². The van der Waals surface area contributed by atoms with Crippen molar-refractivity contribution < 1.29 is 17.4 Å². The molecule has 146 valence electrons. The van der Waals surface area contributed by atoms with Gasteiger partial charge in [-0.05, 0) is 57.5 Å². The molecule has 0 aromatic heterocycles. The summed E-state index contributed by atoms with van der Waals surface area (Å²) in [5.74, 6) is 0.144. The van der Waals surface area contributed by atoms with Crippen LogP contribution in [-0.2, 0) is 16.7 Å². The van der Waals surface area contributed by atoms with E-state index < -0.39 is 10.1 Å². The van der Waals surface area contributed by atoms with Crippen molar-refractivity contribution >= 4 is 21.8 Å². The molecule has 0 bridgehead atoms. The van der Waals surface area contributed by atoms with Gasteiger partial charge in [0.1, 0.15) is 5.75 Å². The summed E-state index contributed by atoms with van der Waals surface area (Å²) in [6, 6.07) is 14.1. The molecular formula is C20H26N2O4S. The minimum Gasteiger partial charge on any atom is -0.382 e. The molecule has 0 spiro atoms. The van der Waals surface area contributed by atoms with Gasteiger partial charge in [-0.2, -0.15) is 8.42 Å². The lowest BCUT2D eigenvalue weighted by Gasteiger charge is -2.27. The van der Waals surface area contributed by atoms with E-state index in [1.165, 1.54) is 6.92 Å². The summed E-state index contributed by atoms with van der Waals surface area (Å²) in [6.45, 7) is 7.70. The molecule has 0 saturated carbocycles. The van der Waals surface area contributed by atoms with Crippen LogP contribution in [0.5, 0.6) is 5.75 Å². The number of anilines is 1. The lowest BCUT2D eigenvalue weighted by Crippen LogP contribution is -2.39. The predicted octanol–water partition coefficient (Wildman–Crippen LogP) is 4.17. The fraction of sp³-hybridized carbons (Fsp3) is 0.350. The molecule has 0 radical (unpaired) electrons. The zero-order valence-electron chi connectivity index (χ0n) is 16.1. The highest BCUT2D eigenvalue weighted by Gasteiger charge is 2.18. The van der Waals surface area contributed by atoms with Crippen LogP contribution in [0.3, 0.4) is 0 Å². The van der Waals surface area contributed by atoms with Gasteiger partial charge < -0.3 is 14.4 Å². The third-order valence-corrected chi connectivity index (χ3v) is 5.17. The van der Waals surface area contributed by atoms with Crippen molar-refractivity contribution in [1.82, 2.24) is 4.90 Å². The third kappa shape index (κ3) is 6.29. The first kappa shape index (κ1) is 20.8. The highest BCUT2D eigenvalue weighted by molar-refractivity contribution is 7.87. The van der Waals surface area contributed by atoms with Gasteiger partial charge in [-0.15, -0.1) is 0 Å². The van der Waals surface area contributed by atoms with E-state index in [2.05, 4.69) is 5.32 Å². The summed E-state index contributed by atoms with van der Waals surface area (Å²) in [5, 5.41) is 2.89. The van der Waals surface area contributed by atoms with E-state index in [1.807, 2.05) is 51.1 Å². The van der Waals surface area contributed by atoms with Gasteiger partial charge in [0.15, 0.2) is 0 Å². The van der Waals surface area contributed by atoms with Crippen molar-refractivity contribution in [2.45, 2.75) is 40.3 Å². The molecule has 7 heteroatoms. The topological polar surface area (TPSA) is 75.7 Å². The summed E-state index contributed by atoms with van der Waals surface area (Å²) < 4.78 is 28.4. The smallest absolute Gasteiger partial charge is 0.322 e. The number of carbonyl (C=O) groups is 1. The molecule has 27 heavy (non-hydrogen) atoms. The lowest BCUT2D eigenvalue weighted by atomic mass is 10.2. The van der Waals surface area contributed by atoms with E-state index in [4.69, 9.17) is 4.18 Å². The second-order valence-corrected chi connectivity index (χ2v) is 8.45. The molecule has 0 fully saturated rings. The van der Waals surface area contributed by atoms with Gasteiger partial charge in [0.05, 0.1) is 5.75 Å². The molecule has 0 saturated heterocycles. The number of hydrogen-bond acceptors (Lipinski definition) is 4. The molecule has 2 aromatic carbocycles. The normalized spacial score (nSPS) is 11.3. The van der Waals surface area contributed by atoms with Crippen molar-refractivity contribution in [1.29, 1.82) is 0 Å². The molecule has 0 atom stereocenters. The number of carbonyl (C=O) groups excluding carboxylic acids is 1. The van der Waals surface area contributed by atoms with Crippen molar-refractivity contribution in [3.63, 3.8) is 0 Å². The largest absolute Gasteiger partial charge is 0.382 e. The number of aryl methyl sites for hydroxylation is 1. The third-order valence-electron chi connectivity index (χ3n) is 4.02. The molecule has 2 aromatic rings. The van der Waals surface area contributed by atoms with Crippen LogP contribution in [0.1, 0.15) is 31.9 Å². The van der Waals surface area contributed by atoms with Gasteiger partial charge in [0.25, 0.3) is 0 Å². The lowest BCUT2D eigenvalue weighted by molar-refractivity contribution is 0.193. The predicted molar refractivity (Wildman–Crippen MR) is 107 cm³/mol. The van der Waals surface area contributed by atoms with Gasteiger partial charge in [0, 0.05) is 18.3 Å². The average molecular weight is 391 g/mol. The van der Waals surface area contributed by atoms with Crippen LogP contribution in [0, 0.1) is 6.92 Å². The van der Waals surface area contributed by atoms with Crippen LogP contribution >= 0.6 is 0 Å². The number of nitrogens with one attached hydrogen (secondary N) is 1. The van der Waals surface area contributed by atoms with Gasteiger partial charge in [0.2, 0.25) is 0 Å². The Morgan fingerprint density at radius 2 is 1.81 bits per heavy atom. The number of rotatable bonds is 7. The minimum atomic E-state index is -3.59. The molecule has 0 aliphatic rings. The first-order valence-electron chi connectivity index (χ1n) is 8.85. The van der Waals surface area contributed by atoms with Gasteiger partial charge in [-0.1, -0.05) is 29.8 Å². The fourth-order valence-electron chi connectivity index (χ4n) is 2.42. The van der Waals surface area contributed by atoms with E-state index >= 15 is 0 Å². The number of amides is 2. The highest BCUT2D eigenvalue weighted by Crippen LogP contribution is 2.19. The monoisotopic (exact) mass is 390 g/mol. The molecule has 2 amide bonds. The molecule has 0 heterocycles. The zero-order valence-corrected chi connectivity index (χ0v) is 16.9. The zero-order chi connectivity index (χ0) is 20.0. The maximum absolute atomic E-state index is 12.7. The molecular weight excluding hydrogens is 364 g/mol. The van der Waals surface area contributed by atoms with Gasteiger partial charge in [-0.3, -0.25) is 0 Å². The summed E-state index contributed by atoms with van der Waals surface area (Å²) >= 11 is 0. The number of hydrogen-bond donors (Lipinski definition) is 1. The fourth-order valence-corrected chi connectivity index (χ4v) is 2.93. The Labute approximate surface area is 161 Å². The molecule has 0 aliphatic carbocycles. The van der Waals surface area contributed by atoms with E-state index in [0.29, 0.717) is 6.54 Å². The van der Waals surface area contributed by atoms with E-state index in [0.717, 1.165) is 16.8 Å². The second-order valence-electron chi connectivity index (χ2n) is 6.59. The first-order chi connectivity index (χ1) is 12.7. The first-order valence-corrected chi connectivity index (χ1v) is 10.4. The Morgan fingerprint density at radius 1 is 1.15 bits per heavy atom. The van der Waals surface area contributed by atoms with Crippen LogP contribution in [0.15, 0.2) is 48.5 Å². The van der Waals surface area contributed by atoms with Crippen LogP contribution in [0.4, 0.5) is 10.5 Å². The highest BCUT2D eigenvalue weighted by atomic mass is 32.2. The Bertz CT molecular complexity index is 877. The number of urea groups is 1. The molecule has 0 unspecified atom stereocenters. The number of benzene rings is 2. The van der Waals surface area contributed by atoms with Crippen LogP contribution < -0.4 is 9.50 Å². The Kier molecular flexibility index (Phi) is 6.85. The molecule has 0 aliphatic heterocycles. The van der Waals surface area contributed by atoms with E-state index in [-0.39, 0.29) is 23.6 Å². The van der Waals surface area contributed by atoms with Crippen LogP contribution in [-0.4, -0.2) is 31.1 Å².